The molecule has 0 atom stereocenters. The SMILES string of the molecule is O[P]C1CCCCC1. The van der Waals surface area contributed by atoms with Gasteiger partial charge in [0.05, 0.1) is 8.81 Å². The van der Waals surface area contributed by atoms with Gasteiger partial charge in [0.2, 0.25) is 0 Å². The van der Waals surface area contributed by atoms with Crippen LogP contribution in [0.15, 0.2) is 0 Å². The highest BCUT2D eigenvalue weighted by atomic mass is 31.1. The van der Waals surface area contributed by atoms with Crippen LogP contribution in [0.4, 0.5) is 0 Å². The van der Waals surface area contributed by atoms with Crippen LogP contribution in [-0.4, -0.2) is 10.6 Å². The number of hydrogen-bond acceptors (Lipinski definition) is 1. The van der Waals surface area contributed by atoms with Crippen LogP contribution in [0.1, 0.15) is 32.1 Å². The average Bonchev–Trinajstić information content (AvgIpc) is 1.90. The van der Waals surface area contributed by atoms with Crippen LogP contribution in [0.5, 0.6) is 0 Å². The van der Waals surface area contributed by atoms with E-state index in [1.54, 1.807) is 0 Å². The van der Waals surface area contributed by atoms with E-state index >= 15 is 0 Å². The van der Waals surface area contributed by atoms with Gasteiger partial charge in [-0.2, -0.15) is 0 Å². The summed E-state index contributed by atoms with van der Waals surface area (Å²) in [5.74, 6) is 0. The summed E-state index contributed by atoms with van der Waals surface area (Å²) in [6, 6.07) is 0. The molecule has 0 bridgehead atoms. The molecule has 1 nitrogen and oxygen atoms in total. The first-order chi connectivity index (χ1) is 3.93. The molecule has 1 aliphatic carbocycles. The summed E-state index contributed by atoms with van der Waals surface area (Å²) in [5.41, 5.74) is 0.615. The van der Waals surface area contributed by atoms with E-state index in [0.717, 1.165) is 0 Å². The highest BCUT2D eigenvalue weighted by molar-refractivity contribution is 7.32. The lowest BCUT2D eigenvalue weighted by Gasteiger charge is -2.16. The van der Waals surface area contributed by atoms with Crippen molar-refractivity contribution in [2.24, 2.45) is 0 Å². The summed E-state index contributed by atoms with van der Waals surface area (Å²) in [6.45, 7) is 0. The Balaban J connectivity index is 2.13. The topological polar surface area (TPSA) is 20.2 Å². The molecule has 0 aromatic heterocycles. The molecular weight excluding hydrogens is 119 g/mol. The van der Waals surface area contributed by atoms with Crippen molar-refractivity contribution in [2.45, 2.75) is 37.8 Å². The Labute approximate surface area is 52.4 Å². The van der Waals surface area contributed by atoms with Crippen molar-refractivity contribution in [2.75, 3.05) is 0 Å². The highest BCUT2D eigenvalue weighted by Gasteiger charge is 2.11. The van der Waals surface area contributed by atoms with Gasteiger partial charge in [-0.25, -0.2) is 0 Å². The molecule has 2 heteroatoms. The molecule has 1 aliphatic rings. The Hall–Kier alpha value is 0.390. The van der Waals surface area contributed by atoms with E-state index in [4.69, 9.17) is 4.89 Å². The Kier molecular flexibility index (Phi) is 2.78. The second kappa shape index (κ2) is 3.42. The summed E-state index contributed by atoms with van der Waals surface area (Å²) in [4.78, 5) is 8.66. The van der Waals surface area contributed by atoms with Crippen LogP contribution < -0.4 is 0 Å². The molecule has 0 amide bonds. The third-order valence-electron chi connectivity index (χ3n) is 1.74. The van der Waals surface area contributed by atoms with Crippen molar-refractivity contribution in [3.63, 3.8) is 0 Å². The van der Waals surface area contributed by atoms with E-state index in [2.05, 4.69) is 0 Å². The van der Waals surface area contributed by atoms with Crippen LogP contribution in [-0.2, 0) is 0 Å². The second-order valence-corrected chi connectivity index (χ2v) is 3.37. The lowest BCUT2D eigenvalue weighted by molar-refractivity contribution is 0.493. The molecule has 8 heavy (non-hydrogen) atoms. The van der Waals surface area contributed by atoms with Gasteiger partial charge in [0.25, 0.3) is 0 Å². The molecule has 0 aliphatic heterocycles. The van der Waals surface area contributed by atoms with Gasteiger partial charge in [-0.3, -0.25) is 0 Å². The van der Waals surface area contributed by atoms with Crippen molar-refractivity contribution in [3.8, 4) is 0 Å². The Morgan fingerprint density at radius 2 is 1.75 bits per heavy atom. The molecule has 47 valence electrons. The maximum atomic E-state index is 8.66. The van der Waals surface area contributed by atoms with Gasteiger partial charge in [-0.05, 0) is 12.8 Å². The van der Waals surface area contributed by atoms with Gasteiger partial charge in [0, 0.05) is 5.66 Å². The molecular formula is C6H12OP. The third-order valence-corrected chi connectivity index (χ3v) is 2.58. The second-order valence-electron chi connectivity index (χ2n) is 2.41. The maximum absolute atomic E-state index is 8.66. The van der Waals surface area contributed by atoms with Gasteiger partial charge >= 0.3 is 0 Å². The smallest absolute Gasteiger partial charge is 0.0804 e. The van der Waals surface area contributed by atoms with Gasteiger partial charge in [0.1, 0.15) is 0 Å². The minimum Gasteiger partial charge on any atom is -0.367 e. The Morgan fingerprint density at radius 1 is 1.12 bits per heavy atom. The van der Waals surface area contributed by atoms with Crippen molar-refractivity contribution in [3.05, 3.63) is 0 Å². The van der Waals surface area contributed by atoms with Crippen molar-refractivity contribution < 1.29 is 4.89 Å². The fourth-order valence-corrected chi connectivity index (χ4v) is 1.79. The summed E-state index contributed by atoms with van der Waals surface area (Å²) in [7, 11) is 0.626. The summed E-state index contributed by atoms with van der Waals surface area (Å²) in [5, 5.41) is 0. The first-order valence-electron chi connectivity index (χ1n) is 3.27. The lowest BCUT2D eigenvalue weighted by Crippen LogP contribution is -2.05. The monoisotopic (exact) mass is 131 g/mol. The van der Waals surface area contributed by atoms with E-state index in [-0.39, 0.29) is 0 Å². The van der Waals surface area contributed by atoms with Gasteiger partial charge in [-0.1, -0.05) is 19.3 Å². The fourth-order valence-electron chi connectivity index (χ4n) is 1.20. The Bertz CT molecular complexity index is 59.5. The molecule has 1 N–H and O–H groups in total. The third kappa shape index (κ3) is 1.72. The van der Waals surface area contributed by atoms with Crippen molar-refractivity contribution in [1.82, 2.24) is 0 Å². The van der Waals surface area contributed by atoms with Crippen LogP contribution >= 0.6 is 8.81 Å². The zero-order valence-electron chi connectivity index (χ0n) is 5.01. The van der Waals surface area contributed by atoms with E-state index in [1.165, 1.54) is 32.1 Å². The van der Waals surface area contributed by atoms with E-state index < -0.39 is 0 Å². The molecule has 0 heterocycles. The molecule has 0 saturated heterocycles. The molecule has 1 radical (unpaired) electrons. The van der Waals surface area contributed by atoms with Crippen LogP contribution in [0.2, 0.25) is 0 Å². The minimum absolute atomic E-state index is 0.615. The van der Waals surface area contributed by atoms with Gasteiger partial charge < -0.3 is 4.89 Å². The van der Waals surface area contributed by atoms with Crippen LogP contribution in [0, 0.1) is 0 Å². The van der Waals surface area contributed by atoms with Crippen molar-refractivity contribution in [1.29, 1.82) is 0 Å². The van der Waals surface area contributed by atoms with Crippen LogP contribution in [0.3, 0.4) is 0 Å². The first kappa shape index (κ1) is 6.51. The highest BCUT2D eigenvalue weighted by Crippen LogP contribution is 2.29. The molecule has 0 aromatic carbocycles. The Morgan fingerprint density at radius 3 is 2.12 bits per heavy atom. The quantitative estimate of drug-likeness (QED) is 0.541. The van der Waals surface area contributed by atoms with Gasteiger partial charge in [0.15, 0.2) is 0 Å². The molecule has 1 saturated carbocycles. The van der Waals surface area contributed by atoms with E-state index in [1.807, 2.05) is 0 Å². The van der Waals surface area contributed by atoms with Gasteiger partial charge in [-0.15, -0.1) is 0 Å². The summed E-state index contributed by atoms with van der Waals surface area (Å²) in [6.07, 6.45) is 6.54. The molecule has 0 spiro atoms. The first-order valence-corrected chi connectivity index (χ1v) is 4.19. The van der Waals surface area contributed by atoms with E-state index in [0.29, 0.717) is 14.5 Å². The largest absolute Gasteiger partial charge is 0.367 e. The zero-order valence-corrected chi connectivity index (χ0v) is 5.90. The van der Waals surface area contributed by atoms with Crippen LogP contribution in [0.25, 0.3) is 0 Å². The summed E-state index contributed by atoms with van der Waals surface area (Å²) >= 11 is 0. The molecule has 0 unspecified atom stereocenters. The lowest BCUT2D eigenvalue weighted by atomic mass is 10.0. The van der Waals surface area contributed by atoms with Crippen molar-refractivity contribution >= 4 is 8.81 Å². The summed E-state index contributed by atoms with van der Waals surface area (Å²) < 4.78 is 0. The number of hydrogen-bond donors (Lipinski definition) is 1. The number of rotatable bonds is 1. The molecule has 1 rings (SSSR count). The normalized spacial score (nSPS) is 25.1. The standard InChI is InChI=1S/C6H12OP/c7-8-6-4-2-1-3-5-6/h6-7H,1-5H2. The zero-order chi connectivity index (χ0) is 5.82. The minimum atomic E-state index is 0.615. The fraction of sp³-hybridized carbons (Fsp3) is 1.00. The predicted molar refractivity (Wildman–Crippen MR) is 36.0 cm³/mol. The molecule has 1 fully saturated rings. The van der Waals surface area contributed by atoms with E-state index in [9.17, 15) is 0 Å². The molecule has 0 aromatic rings. The maximum Gasteiger partial charge on any atom is 0.0804 e. The predicted octanol–water partition coefficient (Wildman–Crippen LogP) is 2.17. The average molecular weight is 131 g/mol.